The van der Waals surface area contributed by atoms with Crippen molar-refractivity contribution in [1.29, 1.82) is 10.5 Å². The maximum atomic E-state index is 12.9. The summed E-state index contributed by atoms with van der Waals surface area (Å²) in [6, 6.07) is 17.0. The summed E-state index contributed by atoms with van der Waals surface area (Å²) in [4.78, 5) is 26.9. The van der Waals surface area contributed by atoms with Gasteiger partial charge in [-0.15, -0.1) is 0 Å². The standard InChI is InChI=1S/C25H21N5O3/c1-16-22-20(28-29-24(31)19-9-4-7-17-6-2-3-8-18(17)19)10-5-11-21(22)33-23(16)25(32)30(14-12-26)15-13-27/h2-4,6-9H,5,10-11,14-15H2,1H3,(H,29,31)/b28-20+. The molecule has 0 saturated heterocycles. The van der Waals surface area contributed by atoms with Crippen LogP contribution in [0.25, 0.3) is 10.8 Å². The Hall–Kier alpha value is -4.43. The van der Waals surface area contributed by atoms with Crippen LogP contribution in [0.3, 0.4) is 0 Å². The van der Waals surface area contributed by atoms with Gasteiger partial charge in [0, 0.05) is 23.1 Å². The number of amides is 2. The van der Waals surface area contributed by atoms with E-state index in [1.165, 1.54) is 0 Å². The predicted octanol–water partition coefficient (Wildman–Crippen LogP) is 3.70. The number of hydrogen-bond acceptors (Lipinski definition) is 6. The average molecular weight is 439 g/mol. The van der Waals surface area contributed by atoms with Crippen LogP contribution < -0.4 is 5.43 Å². The van der Waals surface area contributed by atoms with E-state index in [0.29, 0.717) is 41.0 Å². The fraction of sp³-hybridized carbons (Fsp3) is 0.240. The molecule has 0 spiro atoms. The van der Waals surface area contributed by atoms with Crippen LogP contribution in [0.5, 0.6) is 0 Å². The minimum atomic E-state index is -0.510. The van der Waals surface area contributed by atoms with Crippen molar-refractivity contribution in [3.63, 3.8) is 0 Å². The van der Waals surface area contributed by atoms with E-state index in [1.54, 1.807) is 13.0 Å². The number of nitrogens with zero attached hydrogens (tertiary/aromatic N) is 4. The van der Waals surface area contributed by atoms with Gasteiger partial charge in [0.25, 0.3) is 11.8 Å². The second-order valence-corrected chi connectivity index (χ2v) is 7.71. The van der Waals surface area contributed by atoms with Crippen LogP contribution in [-0.4, -0.2) is 35.5 Å². The highest BCUT2D eigenvalue weighted by Crippen LogP contribution is 2.30. The first-order valence-electron chi connectivity index (χ1n) is 10.6. The third kappa shape index (κ3) is 4.19. The summed E-state index contributed by atoms with van der Waals surface area (Å²) >= 11 is 0. The topological polar surface area (TPSA) is 122 Å². The Kier molecular flexibility index (Phi) is 6.19. The zero-order valence-electron chi connectivity index (χ0n) is 18.1. The lowest BCUT2D eigenvalue weighted by Gasteiger charge is -2.14. The molecule has 164 valence electrons. The van der Waals surface area contributed by atoms with Crippen molar-refractivity contribution in [2.24, 2.45) is 5.10 Å². The highest BCUT2D eigenvalue weighted by molar-refractivity contribution is 6.09. The summed E-state index contributed by atoms with van der Waals surface area (Å²) in [7, 11) is 0. The summed E-state index contributed by atoms with van der Waals surface area (Å²) in [5.41, 5.74) is 5.11. The Bertz CT molecular complexity index is 1340. The molecule has 8 heteroatoms. The van der Waals surface area contributed by atoms with Crippen molar-refractivity contribution in [2.45, 2.75) is 26.2 Å². The third-order valence-electron chi connectivity index (χ3n) is 5.66. The van der Waals surface area contributed by atoms with Gasteiger partial charge >= 0.3 is 0 Å². The summed E-state index contributed by atoms with van der Waals surface area (Å²) in [6.45, 7) is 1.33. The lowest BCUT2D eigenvalue weighted by atomic mass is 9.93. The smallest absolute Gasteiger partial charge is 0.291 e. The number of furan rings is 1. The van der Waals surface area contributed by atoms with Gasteiger partial charge in [-0.25, -0.2) is 5.43 Å². The highest BCUT2D eigenvalue weighted by Gasteiger charge is 2.30. The SMILES string of the molecule is Cc1c(C(=O)N(CC#N)CC#N)oc2c1/C(=N/NC(=O)c1cccc3ccccc13)CCC2. The number of nitrogens with one attached hydrogen (secondary N) is 1. The number of rotatable bonds is 5. The molecule has 1 aliphatic carbocycles. The molecule has 0 aliphatic heterocycles. The van der Waals surface area contributed by atoms with Gasteiger partial charge in [-0.3, -0.25) is 9.59 Å². The molecule has 1 aliphatic rings. The number of fused-ring (bicyclic) bond motifs is 2. The Labute approximate surface area is 190 Å². The van der Waals surface area contributed by atoms with Crippen LogP contribution in [-0.2, 0) is 6.42 Å². The van der Waals surface area contributed by atoms with E-state index >= 15 is 0 Å². The first-order valence-corrected chi connectivity index (χ1v) is 10.6. The highest BCUT2D eigenvalue weighted by atomic mass is 16.4. The number of hydrogen-bond donors (Lipinski definition) is 1. The summed E-state index contributed by atoms with van der Waals surface area (Å²) in [5.74, 6) is -0.114. The van der Waals surface area contributed by atoms with Crippen molar-refractivity contribution >= 4 is 28.3 Å². The number of carbonyl (C=O) groups excluding carboxylic acids is 2. The number of aryl methyl sites for hydroxylation is 1. The maximum Gasteiger partial charge on any atom is 0.291 e. The first-order chi connectivity index (χ1) is 16.0. The molecule has 4 rings (SSSR count). The molecule has 33 heavy (non-hydrogen) atoms. The molecule has 3 aromatic rings. The number of nitriles is 2. The Morgan fingerprint density at radius 3 is 2.58 bits per heavy atom. The van der Waals surface area contributed by atoms with Crippen LogP contribution in [0.1, 0.15) is 50.6 Å². The second kappa shape index (κ2) is 9.37. The van der Waals surface area contributed by atoms with Gasteiger partial charge in [0.2, 0.25) is 0 Å². The zero-order valence-corrected chi connectivity index (χ0v) is 18.1. The zero-order chi connectivity index (χ0) is 23.4. The molecular formula is C25H21N5O3. The van der Waals surface area contributed by atoms with Gasteiger partial charge in [-0.05, 0) is 36.6 Å². The molecule has 8 nitrogen and oxygen atoms in total. The van der Waals surface area contributed by atoms with E-state index in [-0.39, 0.29) is 24.8 Å². The van der Waals surface area contributed by atoms with Crippen LogP contribution >= 0.6 is 0 Å². The number of hydrazone groups is 1. The summed E-state index contributed by atoms with van der Waals surface area (Å²) in [6.07, 6.45) is 2.02. The van der Waals surface area contributed by atoms with E-state index in [2.05, 4.69) is 10.5 Å². The maximum absolute atomic E-state index is 12.9. The van der Waals surface area contributed by atoms with Crippen molar-refractivity contribution in [3.8, 4) is 12.1 Å². The molecule has 0 unspecified atom stereocenters. The van der Waals surface area contributed by atoms with Crippen LogP contribution in [0, 0.1) is 29.6 Å². The predicted molar refractivity (Wildman–Crippen MR) is 121 cm³/mol. The van der Waals surface area contributed by atoms with E-state index in [1.807, 2.05) is 48.5 Å². The fourth-order valence-corrected chi connectivity index (χ4v) is 4.10. The van der Waals surface area contributed by atoms with Crippen molar-refractivity contribution in [3.05, 3.63) is 70.7 Å². The molecule has 2 amide bonds. The van der Waals surface area contributed by atoms with E-state index in [4.69, 9.17) is 14.9 Å². The molecule has 0 radical (unpaired) electrons. The summed E-state index contributed by atoms with van der Waals surface area (Å²) in [5, 5.41) is 24.1. The molecule has 0 bridgehead atoms. The monoisotopic (exact) mass is 439 g/mol. The van der Waals surface area contributed by atoms with Crippen LogP contribution in [0.4, 0.5) is 0 Å². The van der Waals surface area contributed by atoms with Crippen molar-refractivity contribution in [1.82, 2.24) is 10.3 Å². The van der Waals surface area contributed by atoms with E-state index < -0.39 is 5.91 Å². The Balaban J connectivity index is 1.63. The second-order valence-electron chi connectivity index (χ2n) is 7.71. The van der Waals surface area contributed by atoms with Gasteiger partial charge in [0.1, 0.15) is 18.8 Å². The van der Waals surface area contributed by atoms with Gasteiger partial charge in [-0.1, -0.05) is 36.4 Å². The third-order valence-corrected chi connectivity index (χ3v) is 5.66. The number of benzene rings is 2. The van der Waals surface area contributed by atoms with E-state index in [0.717, 1.165) is 22.1 Å². The largest absolute Gasteiger partial charge is 0.455 e. The van der Waals surface area contributed by atoms with Crippen LogP contribution in [0.2, 0.25) is 0 Å². The van der Waals surface area contributed by atoms with Crippen LogP contribution in [0.15, 0.2) is 52.0 Å². The molecular weight excluding hydrogens is 418 g/mol. The first kappa shape index (κ1) is 21.8. The minimum Gasteiger partial charge on any atom is -0.455 e. The molecule has 1 heterocycles. The Morgan fingerprint density at radius 1 is 1.09 bits per heavy atom. The van der Waals surface area contributed by atoms with Gasteiger partial charge < -0.3 is 9.32 Å². The average Bonchev–Trinajstić information content (AvgIpc) is 3.18. The van der Waals surface area contributed by atoms with E-state index in [9.17, 15) is 9.59 Å². The molecule has 2 aromatic carbocycles. The lowest BCUT2D eigenvalue weighted by Crippen LogP contribution is -2.32. The molecule has 1 N–H and O–H groups in total. The fourth-order valence-electron chi connectivity index (χ4n) is 4.10. The van der Waals surface area contributed by atoms with Gasteiger partial charge in [0.15, 0.2) is 5.76 Å². The molecule has 0 saturated carbocycles. The number of carbonyl (C=O) groups is 2. The quantitative estimate of drug-likeness (QED) is 0.480. The molecule has 0 fully saturated rings. The molecule has 0 atom stereocenters. The lowest BCUT2D eigenvalue weighted by molar-refractivity contribution is 0.0760. The Morgan fingerprint density at radius 2 is 1.82 bits per heavy atom. The van der Waals surface area contributed by atoms with Crippen molar-refractivity contribution in [2.75, 3.05) is 13.1 Å². The normalized spacial score (nSPS) is 13.7. The summed E-state index contributed by atoms with van der Waals surface area (Å²) < 4.78 is 5.85. The molecule has 1 aromatic heterocycles. The minimum absolute atomic E-state index is 0.0977. The van der Waals surface area contributed by atoms with Crippen molar-refractivity contribution < 1.29 is 14.0 Å². The van der Waals surface area contributed by atoms with Gasteiger partial charge in [-0.2, -0.15) is 15.6 Å². The van der Waals surface area contributed by atoms with Gasteiger partial charge in [0.05, 0.1) is 17.9 Å².